The van der Waals surface area contributed by atoms with E-state index in [1.54, 1.807) is 0 Å². The number of anilines is 1. The number of nitrogens with zero attached hydrogens (tertiary/aromatic N) is 2. The molecule has 0 saturated carbocycles. The number of piperidine rings is 1. The minimum Gasteiger partial charge on any atom is -0.379 e. The Labute approximate surface area is 185 Å². The molecule has 0 radical (unpaired) electrons. The SMILES string of the molecule is c1cc(-c2cc3ccccc3[nH]2)cc(N2CCC(NCCCN3CCOCC3)CC2)c1. The van der Waals surface area contributed by atoms with Crippen LogP contribution in [0.4, 0.5) is 5.69 Å². The number of aromatic amines is 1. The van der Waals surface area contributed by atoms with Crippen LogP contribution in [0.5, 0.6) is 0 Å². The number of hydrogen-bond donors (Lipinski definition) is 2. The van der Waals surface area contributed by atoms with Gasteiger partial charge in [-0.1, -0.05) is 30.3 Å². The van der Waals surface area contributed by atoms with E-state index in [0.29, 0.717) is 6.04 Å². The average Bonchev–Trinajstić information content (AvgIpc) is 3.28. The molecule has 2 aliphatic rings. The van der Waals surface area contributed by atoms with Crippen molar-refractivity contribution in [3.8, 4) is 11.3 Å². The van der Waals surface area contributed by atoms with Gasteiger partial charge in [-0.25, -0.2) is 0 Å². The summed E-state index contributed by atoms with van der Waals surface area (Å²) in [6, 6.07) is 20.4. The van der Waals surface area contributed by atoms with Gasteiger partial charge in [-0.05, 0) is 62.2 Å². The molecule has 31 heavy (non-hydrogen) atoms. The number of rotatable bonds is 7. The molecule has 0 amide bonds. The summed E-state index contributed by atoms with van der Waals surface area (Å²) < 4.78 is 5.43. The van der Waals surface area contributed by atoms with Gasteiger partial charge in [0, 0.05) is 54.5 Å². The number of morpholine rings is 1. The third-order valence-corrected chi connectivity index (χ3v) is 6.74. The molecule has 2 N–H and O–H groups in total. The number of hydrogen-bond acceptors (Lipinski definition) is 4. The minimum atomic E-state index is 0.651. The van der Waals surface area contributed by atoms with Gasteiger partial charge in [-0.2, -0.15) is 0 Å². The van der Waals surface area contributed by atoms with E-state index in [9.17, 15) is 0 Å². The monoisotopic (exact) mass is 418 g/mol. The molecule has 5 heteroatoms. The highest BCUT2D eigenvalue weighted by molar-refractivity contribution is 5.86. The van der Waals surface area contributed by atoms with Crippen molar-refractivity contribution in [1.29, 1.82) is 0 Å². The van der Waals surface area contributed by atoms with Crippen LogP contribution in [0.1, 0.15) is 19.3 Å². The first-order chi connectivity index (χ1) is 15.3. The van der Waals surface area contributed by atoms with Gasteiger partial charge < -0.3 is 19.9 Å². The Morgan fingerprint density at radius 1 is 0.935 bits per heavy atom. The molecule has 0 bridgehead atoms. The zero-order valence-electron chi connectivity index (χ0n) is 18.4. The standard InChI is InChI=1S/C26H34N4O/c1-2-8-25-22(5-1)20-26(28-25)21-6-3-7-24(19-21)30-13-9-23(10-14-30)27-11-4-12-29-15-17-31-18-16-29/h1-3,5-8,19-20,23,27-28H,4,9-18H2. The number of para-hydroxylation sites is 1. The highest BCUT2D eigenvalue weighted by Gasteiger charge is 2.19. The van der Waals surface area contributed by atoms with Crippen LogP contribution in [-0.2, 0) is 4.74 Å². The van der Waals surface area contributed by atoms with E-state index in [2.05, 4.69) is 74.7 Å². The van der Waals surface area contributed by atoms with E-state index in [1.165, 1.54) is 53.7 Å². The van der Waals surface area contributed by atoms with Crippen molar-refractivity contribution in [2.45, 2.75) is 25.3 Å². The molecular weight excluding hydrogens is 384 g/mol. The Balaban J connectivity index is 1.11. The van der Waals surface area contributed by atoms with Crippen LogP contribution >= 0.6 is 0 Å². The maximum atomic E-state index is 5.43. The Morgan fingerprint density at radius 2 is 1.77 bits per heavy atom. The predicted octanol–water partition coefficient (Wildman–Crippen LogP) is 4.12. The average molecular weight is 419 g/mol. The largest absolute Gasteiger partial charge is 0.379 e. The van der Waals surface area contributed by atoms with Gasteiger partial charge in [0.1, 0.15) is 0 Å². The summed E-state index contributed by atoms with van der Waals surface area (Å²) in [4.78, 5) is 8.62. The van der Waals surface area contributed by atoms with E-state index in [0.717, 1.165) is 45.9 Å². The molecule has 2 fully saturated rings. The summed E-state index contributed by atoms with van der Waals surface area (Å²) in [6.45, 7) is 8.54. The number of fused-ring (bicyclic) bond motifs is 1. The lowest BCUT2D eigenvalue weighted by Gasteiger charge is -2.34. The topological polar surface area (TPSA) is 43.5 Å². The smallest absolute Gasteiger partial charge is 0.0594 e. The number of benzene rings is 2. The normalized spacial score (nSPS) is 18.6. The van der Waals surface area contributed by atoms with Crippen molar-refractivity contribution < 1.29 is 4.74 Å². The van der Waals surface area contributed by atoms with Gasteiger partial charge in [-0.15, -0.1) is 0 Å². The van der Waals surface area contributed by atoms with Crippen LogP contribution in [0.3, 0.4) is 0 Å². The Hall–Kier alpha value is -2.34. The third kappa shape index (κ3) is 5.12. The fraction of sp³-hybridized carbons (Fsp3) is 0.462. The molecule has 2 aliphatic heterocycles. The van der Waals surface area contributed by atoms with Crippen molar-refractivity contribution in [2.24, 2.45) is 0 Å². The molecule has 0 unspecified atom stereocenters. The molecule has 0 atom stereocenters. The summed E-state index contributed by atoms with van der Waals surface area (Å²) in [7, 11) is 0. The summed E-state index contributed by atoms with van der Waals surface area (Å²) in [6.07, 6.45) is 3.66. The maximum Gasteiger partial charge on any atom is 0.0594 e. The van der Waals surface area contributed by atoms with Crippen LogP contribution in [0.25, 0.3) is 22.2 Å². The zero-order chi connectivity index (χ0) is 20.9. The molecule has 0 spiro atoms. The van der Waals surface area contributed by atoms with E-state index < -0.39 is 0 Å². The van der Waals surface area contributed by atoms with Gasteiger partial charge in [-0.3, -0.25) is 4.90 Å². The molecule has 5 rings (SSSR count). The van der Waals surface area contributed by atoms with Gasteiger partial charge in [0.2, 0.25) is 0 Å². The van der Waals surface area contributed by atoms with Crippen molar-refractivity contribution in [1.82, 2.24) is 15.2 Å². The van der Waals surface area contributed by atoms with Crippen molar-refractivity contribution in [2.75, 3.05) is 57.4 Å². The molecule has 3 aromatic rings. The molecule has 1 aromatic heterocycles. The van der Waals surface area contributed by atoms with Crippen LogP contribution in [0, 0.1) is 0 Å². The lowest BCUT2D eigenvalue weighted by molar-refractivity contribution is 0.0373. The van der Waals surface area contributed by atoms with E-state index in [4.69, 9.17) is 4.74 Å². The lowest BCUT2D eigenvalue weighted by atomic mass is 10.0. The number of H-pyrrole nitrogens is 1. The van der Waals surface area contributed by atoms with Crippen molar-refractivity contribution in [3.63, 3.8) is 0 Å². The molecule has 2 saturated heterocycles. The second kappa shape index (κ2) is 9.86. The highest BCUT2D eigenvalue weighted by Crippen LogP contribution is 2.28. The fourth-order valence-corrected chi connectivity index (χ4v) is 4.87. The van der Waals surface area contributed by atoms with Gasteiger partial charge >= 0.3 is 0 Å². The Morgan fingerprint density at radius 3 is 2.61 bits per heavy atom. The second-order valence-electron chi connectivity index (χ2n) is 8.84. The summed E-state index contributed by atoms with van der Waals surface area (Å²) in [5.41, 5.74) is 4.99. The first-order valence-corrected chi connectivity index (χ1v) is 11.8. The highest BCUT2D eigenvalue weighted by atomic mass is 16.5. The molecular formula is C26H34N4O. The quantitative estimate of drug-likeness (QED) is 0.567. The Kier molecular flexibility index (Phi) is 6.54. The van der Waals surface area contributed by atoms with Gasteiger partial charge in [0.25, 0.3) is 0 Å². The summed E-state index contributed by atoms with van der Waals surface area (Å²) in [5.74, 6) is 0. The molecule has 0 aliphatic carbocycles. The second-order valence-corrected chi connectivity index (χ2v) is 8.84. The number of ether oxygens (including phenoxy) is 1. The van der Waals surface area contributed by atoms with Gasteiger partial charge in [0.15, 0.2) is 0 Å². The lowest BCUT2D eigenvalue weighted by Crippen LogP contribution is -2.43. The van der Waals surface area contributed by atoms with Crippen LogP contribution < -0.4 is 10.2 Å². The first kappa shape index (κ1) is 20.6. The van der Waals surface area contributed by atoms with E-state index in [1.807, 2.05) is 0 Å². The minimum absolute atomic E-state index is 0.651. The fourth-order valence-electron chi connectivity index (χ4n) is 4.87. The molecule has 3 heterocycles. The molecule has 5 nitrogen and oxygen atoms in total. The van der Waals surface area contributed by atoms with E-state index >= 15 is 0 Å². The molecule has 2 aromatic carbocycles. The van der Waals surface area contributed by atoms with Crippen molar-refractivity contribution in [3.05, 3.63) is 54.6 Å². The zero-order valence-corrected chi connectivity index (χ0v) is 18.4. The number of nitrogens with one attached hydrogen (secondary N) is 2. The first-order valence-electron chi connectivity index (χ1n) is 11.8. The van der Waals surface area contributed by atoms with Crippen LogP contribution in [0.2, 0.25) is 0 Å². The summed E-state index contributed by atoms with van der Waals surface area (Å²) in [5, 5.41) is 5.06. The van der Waals surface area contributed by atoms with Crippen molar-refractivity contribution >= 4 is 16.6 Å². The van der Waals surface area contributed by atoms with Crippen LogP contribution in [0.15, 0.2) is 54.6 Å². The van der Waals surface area contributed by atoms with E-state index in [-0.39, 0.29) is 0 Å². The summed E-state index contributed by atoms with van der Waals surface area (Å²) >= 11 is 0. The third-order valence-electron chi connectivity index (χ3n) is 6.74. The predicted molar refractivity (Wildman–Crippen MR) is 129 cm³/mol. The number of aromatic nitrogens is 1. The van der Waals surface area contributed by atoms with Gasteiger partial charge in [0.05, 0.1) is 13.2 Å². The van der Waals surface area contributed by atoms with Crippen LogP contribution in [-0.4, -0.2) is 68.4 Å². The maximum absolute atomic E-state index is 5.43. The Bertz CT molecular complexity index is 937. The molecule has 164 valence electrons.